The van der Waals surface area contributed by atoms with Crippen LogP contribution in [0.4, 0.5) is 17.1 Å². The summed E-state index contributed by atoms with van der Waals surface area (Å²) >= 11 is 0. The highest BCUT2D eigenvalue weighted by molar-refractivity contribution is 6.23. The van der Waals surface area contributed by atoms with Gasteiger partial charge in [0.05, 0.1) is 33.6 Å². The minimum absolute atomic E-state index is 0.260. The first kappa shape index (κ1) is 37.2. The lowest BCUT2D eigenvalue weighted by Gasteiger charge is -2.42. The Kier molecular flexibility index (Phi) is 8.22. The molecule has 3 heterocycles. The summed E-state index contributed by atoms with van der Waals surface area (Å²) in [5.41, 5.74) is 15.5. The molecule has 0 unspecified atom stereocenters. The molecular formula is C61H42N4. The third-order valence-corrected chi connectivity index (χ3v) is 13.8. The monoisotopic (exact) mass is 830 g/mol. The number of hydrogen-bond donors (Lipinski definition) is 0. The van der Waals surface area contributed by atoms with Gasteiger partial charge in [-0.15, -0.1) is 0 Å². The maximum absolute atomic E-state index is 5.59. The van der Waals surface area contributed by atoms with Crippen LogP contribution in [0, 0.1) is 0 Å². The highest BCUT2D eigenvalue weighted by Gasteiger charge is 2.37. The Hall–Kier alpha value is -8.34. The molecule has 4 nitrogen and oxygen atoms in total. The molecule has 12 aromatic rings. The van der Waals surface area contributed by atoms with Crippen molar-refractivity contribution < 1.29 is 0 Å². The van der Waals surface area contributed by atoms with Gasteiger partial charge in [-0.05, 0) is 91.8 Å². The molecule has 0 bridgehead atoms. The van der Waals surface area contributed by atoms with E-state index in [0.717, 1.165) is 50.0 Å². The van der Waals surface area contributed by atoms with Gasteiger partial charge in [0.25, 0.3) is 0 Å². The molecule has 0 aliphatic carbocycles. The van der Waals surface area contributed by atoms with Crippen LogP contribution >= 0.6 is 0 Å². The summed E-state index contributed by atoms with van der Waals surface area (Å²) in [6.07, 6.45) is 0. The fourth-order valence-corrected chi connectivity index (χ4v) is 10.7. The smallest absolute Gasteiger partial charge is 0.235 e. The van der Waals surface area contributed by atoms with E-state index >= 15 is 0 Å². The van der Waals surface area contributed by atoms with Gasteiger partial charge in [0.2, 0.25) is 5.95 Å². The van der Waals surface area contributed by atoms with Gasteiger partial charge in [0.1, 0.15) is 0 Å². The lowest BCUT2D eigenvalue weighted by Crippen LogP contribution is -2.30. The molecule has 0 amide bonds. The Morgan fingerprint density at radius 1 is 0.415 bits per heavy atom. The van der Waals surface area contributed by atoms with E-state index in [1.54, 1.807) is 0 Å². The van der Waals surface area contributed by atoms with Crippen molar-refractivity contribution in [2.75, 3.05) is 4.90 Å². The summed E-state index contributed by atoms with van der Waals surface area (Å²) in [5, 5.41) is 8.26. The molecule has 0 atom stereocenters. The number of para-hydroxylation sites is 4. The lowest BCUT2D eigenvalue weighted by molar-refractivity contribution is 0.632. The molecule has 1 aliphatic heterocycles. The molecule has 0 saturated carbocycles. The van der Waals surface area contributed by atoms with Crippen LogP contribution in [-0.2, 0) is 5.41 Å². The number of hydrogen-bond acceptors (Lipinski definition) is 3. The van der Waals surface area contributed by atoms with Crippen molar-refractivity contribution >= 4 is 71.3 Å². The molecule has 0 spiro atoms. The number of anilines is 3. The largest absolute Gasteiger partial charge is 0.310 e. The van der Waals surface area contributed by atoms with Crippen molar-refractivity contribution in [2.45, 2.75) is 19.3 Å². The number of benzene rings is 10. The molecule has 2 aromatic heterocycles. The van der Waals surface area contributed by atoms with Gasteiger partial charge in [0, 0.05) is 38.4 Å². The van der Waals surface area contributed by atoms with Crippen LogP contribution in [0.25, 0.3) is 93.7 Å². The van der Waals surface area contributed by atoms with E-state index in [1.165, 1.54) is 65.9 Å². The predicted molar refractivity (Wildman–Crippen MR) is 272 cm³/mol. The van der Waals surface area contributed by atoms with Gasteiger partial charge in [0.15, 0.2) is 0 Å². The summed E-state index contributed by atoms with van der Waals surface area (Å²) in [7, 11) is 0. The molecule has 0 N–H and O–H groups in total. The van der Waals surface area contributed by atoms with Crippen molar-refractivity contribution in [1.29, 1.82) is 0 Å². The van der Waals surface area contributed by atoms with Crippen molar-refractivity contribution in [3.63, 3.8) is 0 Å². The van der Waals surface area contributed by atoms with Crippen LogP contribution in [-0.4, -0.2) is 14.5 Å². The summed E-state index contributed by atoms with van der Waals surface area (Å²) in [6.45, 7) is 4.72. The van der Waals surface area contributed by atoms with Crippen LogP contribution in [0.5, 0.6) is 0 Å². The Morgan fingerprint density at radius 3 is 1.88 bits per heavy atom. The second-order valence-electron chi connectivity index (χ2n) is 17.8. The third-order valence-electron chi connectivity index (χ3n) is 13.8. The van der Waals surface area contributed by atoms with Crippen molar-refractivity contribution in [1.82, 2.24) is 14.5 Å². The van der Waals surface area contributed by atoms with Gasteiger partial charge in [-0.3, -0.25) is 4.57 Å². The topological polar surface area (TPSA) is 34.0 Å². The average Bonchev–Trinajstić information content (AvgIpc) is 3.72. The zero-order chi connectivity index (χ0) is 43.2. The number of rotatable bonds is 5. The van der Waals surface area contributed by atoms with E-state index in [1.807, 2.05) is 0 Å². The van der Waals surface area contributed by atoms with Gasteiger partial charge < -0.3 is 4.90 Å². The molecule has 1 aliphatic rings. The van der Waals surface area contributed by atoms with Gasteiger partial charge in [-0.2, -0.15) is 0 Å². The van der Waals surface area contributed by atoms with Gasteiger partial charge in [-0.25, -0.2) is 9.97 Å². The summed E-state index contributed by atoms with van der Waals surface area (Å²) in [5.74, 6) is 0.641. The van der Waals surface area contributed by atoms with E-state index < -0.39 is 0 Å². The van der Waals surface area contributed by atoms with Crippen LogP contribution < -0.4 is 4.90 Å². The van der Waals surface area contributed by atoms with E-state index in [4.69, 9.17) is 9.97 Å². The molecular weight excluding hydrogens is 789 g/mol. The second kappa shape index (κ2) is 14.3. The van der Waals surface area contributed by atoms with Crippen LogP contribution in [0.1, 0.15) is 25.0 Å². The molecule has 306 valence electrons. The Bertz CT molecular complexity index is 3860. The van der Waals surface area contributed by atoms with Crippen molar-refractivity contribution in [3.8, 4) is 39.5 Å². The molecule has 0 fully saturated rings. The van der Waals surface area contributed by atoms with Gasteiger partial charge in [-0.1, -0.05) is 190 Å². The minimum atomic E-state index is -0.260. The first-order chi connectivity index (χ1) is 32.0. The molecule has 0 saturated heterocycles. The predicted octanol–water partition coefficient (Wildman–Crippen LogP) is 16.1. The fourth-order valence-electron chi connectivity index (χ4n) is 10.7. The van der Waals surface area contributed by atoms with Gasteiger partial charge >= 0.3 is 0 Å². The Balaban J connectivity index is 1.05. The second-order valence-corrected chi connectivity index (χ2v) is 17.8. The highest BCUT2D eigenvalue weighted by Crippen LogP contribution is 2.53. The maximum atomic E-state index is 5.59. The van der Waals surface area contributed by atoms with Crippen molar-refractivity contribution in [3.05, 3.63) is 230 Å². The number of nitrogens with zero attached hydrogens (tertiary/aromatic N) is 4. The molecule has 65 heavy (non-hydrogen) atoms. The number of fused-ring (bicyclic) bond motifs is 9. The molecule has 0 radical (unpaired) electrons. The molecule has 10 aromatic carbocycles. The first-order valence-corrected chi connectivity index (χ1v) is 22.4. The first-order valence-electron chi connectivity index (χ1n) is 22.4. The van der Waals surface area contributed by atoms with E-state index in [2.05, 4.69) is 242 Å². The molecule has 4 heteroatoms. The Morgan fingerprint density at radius 2 is 1.03 bits per heavy atom. The van der Waals surface area contributed by atoms with Crippen LogP contribution in [0.3, 0.4) is 0 Å². The normalized spacial score (nSPS) is 13.2. The average molecular weight is 831 g/mol. The zero-order valence-corrected chi connectivity index (χ0v) is 36.1. The number of aromatic nitrogens is 3. The van der Waals surface area contributed by atoms with Crippen LogP contribution in [0.15, 0.2) is 218 Å². The molecule has 13 rings (SSSR count). The quantitative estimate of drug-likeness (QED) is 0.173. The summed E-state index contributed by atoms with van der Waals surface area (Å²) in [6, 6.07) is 79.0. The zero-order valence-electron chi connectivity index (χ0n) is 36.1. The van der Waals surface area contributed by atoms with Crippen LogP contribution in [0.2, 0.25) is 0 Å². The highest BCUT2D eigenvalue weighted by atomic mass is 15.2. The fraction of sp³-hybridized carbons (Fsp3) is 0.0492. The van der Waals surface area contributed by atoms with E-state index in [0.29, 0.717) is 5.95 Å². The third kappa shape index (κ3) is 5.70. The van der Waals surface area contributed by atoms with E-state index in [-0.39, 0.29) is 5.41 Å². The Labute approximate surface area is 377 Å². The standard InChI is InChI=1S/C61H42N4/c1-61(2)51-27-11-13-29-54(51)64(44-19-4-3-5-20-44)55-36-35-43(38-52(55)61)48-25-15-26-50-57-47-22-9-7-17-40(47)34-37-56(57)65(59(48)50)60-62-53-28-12-10-23-49(53)58(63-60)42-32-30-41(31-33-42)46-24-14-18-39-16-6-8-21-45(39)46/h3-38H,1-2H3. The summed E-state index contributed by atoms with van der Waals surface area (Å²) < 4.78 is 2.32. The van der Waals surface area contributed by atoms with Crippen molar-refractivity contribution in [2.24, 2.45) is 0 Å². The summed E-state index contributed by atoms with van der Waals surface area (Å²) in [4.78, 5) is 13.4. The maximum Gasteiger partial charge on any atom is 0.235 e. The lowest BCUT2D eigenvalue weighted by atomic mass is 9.73. The SMILES string of the molecule is CC1(C)c2ccccc2N(c2ccccc2)c2ccc(-c3cccc4c5c6ccccc6ccc5n(-c5nc(-c6ccc(-c7cccc8ccccc78)cc6)c6ccccc6n5)c34)cc21. The van der Waals surface area contributed by atoms with E-state index in [9.17, 15) is 0 Å². The minimum Gasteiger partial charge on any atom is -0.310 e.